The molecule has 1 fully saturated rings. The van der Waals surface area contributed by atoms with Gasteiger partial charge in [0.15, 0.2) is 0 Å². The first-order chi connectivity index (χ1) is 13.3. The van der Waals surface area contributed by atoms with Crippen LogP contribution in [0.15, 0.2) is 47.4 Å². The van der Waals surface area contributed by atoms with Crippen molar-refractivity contribution in [3.8, 4) is 5.75 Å². The number of nitrogens with zero attached hydrogens (tertiary/aromatic N) is 1. The van der Waals surface area contributed by atoms with Gasteiger partial charge in [-0.1, -0.05) is 12.5 Å². The number of hydrogen-bond acceptors (Lipinski definition) is 4. The van der Waals surface area contributed by atoms with E-state index in [4.69, 9.17) is 4.74 Å². The molecule has 6 nitrogen and oxygen atoms in total. The van der Waals surface area contributed by atoms with Crippen LogP contribution in [-0.2, 0) is 10.0 Å². The second kappa shape index (κ2) is 8.28. The van der Waals surface area contributed by atoms with Crippen molar-refractivity contribution < 1.29 is 22.3 Å². The number of piperidine rings is 1. The van der Waals surface area contributed by atoms with Crippen molar-refractivity contribution in [2.45, 2.75) is 37.1 Å². The minimum atomic E-state index is -3.82. The standard InChI is InChI=1S/C20H23FN2O4S/c1-14-6-3-4-11-23(14)28(25,26)19-12-15(9-10-18(19)27-2)20(24)22-17-8-5-7-16(21)13-17/h5,7-10,12-14H,3-4,6,11H2,1-2H3,(H,22,24). The van der Waals surface area contributed by atoms with Crippen LogP contribution >= 0.6 is 0 Å². The Morgan fingerprint density at radius 1 is 1.21 bits per heavy atom. The maximum atomic E-state index is 13.3. The van der Waals surface area contributed by atoms with Gasteiger partial charge in [0.25, 0.3) is 5.91 Å². The van der Waals surface area contributed by atoms with Crippen LogP contribution in [0.3, 0.4) is 0 Å². The van der Waals surface area contributed by atoms with E-state index in [1.807, 2.05) is 6.92 Å². The lowest BCUT2D eigenvalue weighted by atomic mass is 10.1. The lowest BCUT2D eigenvalue weighted by Gasteiger charge is -2.32. The third kappa shape index (κ3) is 4.18. The molecule has 1 saturated heterocycles. The number of ether oxygens (including phenoxy) is 1. The van der Waals surface area contributed by atoms with Crippen LogP contribution in [-0.4, -0.2) is 38.3 Å². The van der Waals surface area contributed by atoms with Gasteiger partial charge in [0.1, 0.15) is 16.5 Å². The SMILES string of the molecule is COc1ccc(C(=O)Nc2cccc(F)c2)cc1S(=O)(=O)N1CCCCC1C. The number of carbonyl (C=O) groups is 1. The molecule has 28 heavy (non-hydrogen) atoms. The normalized spacial score (nSPS) is 17.9. The van der Waals surface area contributed by atoms with E-state index in [2.05, 4.69) is 5.32 Å². The average molecular weight is 406 g/mol. The molecule has 0 saturated carbocycles. The fraction of sp³-hybridized carbons (Fsp3) is 0.350. The molecule has 2 aromatic carbocycles. The summed E-state index contributed by atoms with van der Waals surface area (Å²) in [6.45, 7) is 2.32. The number of benzene rings is 2. The molecule has 1 amide bonds. The first kappa shape index (κ1) is 20.3. The Morgan fingerprint density at radius 3 is 2.68 bits per heavy atom. The second-order valence-corrected chi connectivity index (χ2v) is 8.65. The molecule has 150 valence electrons. The maximum Gasteiger partial charge on any atom is 0.255 e. The summed E-state index contributed by atoms with van der Waals surface area (Å²) in [5, 5.41) is 2.58. The molecular weight excluding hydrogens is 383 g/mol. The van der Waals surface area contributed by atoms with E-state index in [0.717, 1.165) is 19.3 Å². The van der Waals surface area contributed by atoms with Crippen molar-refractivity contribution >= 4 is 21.6 Å². The molecule has 0 spiro atoms. The number of sulfonamides is 1. The highest BCUT2D eigenvalue weighted by atomic mass is 32.2. The fourth-order valence-corrected chi connectivity index (χ4v) is 5.23. The van der Waals surface area contributed by atoms with Crippen LogP contribution in [0.2, 0.25) is 0 Å². The van der Waals surface area contributed by atoms with Gasteiger partial charge in [0, 0.05) is 23.8 Å². The van der Waals surface area contributed by atoms with Crippen LogP contribution < -0.4 is 10.1 Å². The number of halogens is 1. The smallest absolute Gasteiger partial charge is 0.255 e. The number of nitrogens with one attached hydrogen (secondary N) is 1. The number of anilines is 1. The molecule has 3 rings (SSSR count). The predicted molar refractivity (Wildman–Crippen MR) is 105 cm³/mol. The Hall–Kier alpha value is -2.45. The van der Waals surface area contributed by atoms with E-state index in [0.29, 0.717) is 6.54 Å². The van der Waals surface area contributed by atoms with Crippen molar-refractivity contribution in [1.82, 2.24) is 4.31 Å². The zero-order valence-electron chi connectivity index (χ0n) is 15.8. The Balaban J connectivity index is 1.94. The van der Waals surface area contributed by atoms with E-state index in [-0.39, 0.29) is 27.9 Å². The molecule has 1 aliphatic heterocycles. The van der Waals surface area contributed by atoms with Gasteiger partial charge in [0.05, 0.1) is 7.11 Å². The summed E-state index contributed by atoms with van der Waals surface area (Å²) >= 11 is 0. The summed E-state index contributed by atoms with van der Waals surface area (Å²) in [4.78, 5) is 12.5. The zero-order valence-corrected chi connectivity index (χ0v) is 16.6. The number of carbonyl (C=O) groups excluding carboxylic acids is 1. The summed E-state index contributed by atoms with van der Waals surface area (Å²) in [5.74, 6) is -0.827. The van der Waals surface area contributed by atoms with E-state index in [9.17, 15) is 17.6 Å². The monoisotopic (exact) mass is 406 g/mol. The molecule has 1 aliphatic rings. The van der Waals surface area contributed by atoms with Gasteiger partial charge in [-0.3, -0.25) is 4.79 Å². The average Bonchev–Trinajstić information content (AvgIpc) is 2.67. The van der Waals surface area contributed by atoms with Gasteiger partial charge in [-0.2, -0.15) is 4.31 Å². The number of methoxy groups -OCH3 is 1. The molecule has 1 N–H and O–H groups in total. The summed E-state index contributed by atoms with van der Waals surface area (Å²) in [7, 11) is -2.43. The molecule has 0 aliphatic carbocycles. The highest BCUT2D eigenvalue weighted by Crippen LogP contribution is 2.31. The zero-order chi connectivity index (χ0) is 20.3. The fourth-order valence-electron chi connectivity index (χ4n) is 3.34. The molecule has 0 radical (unpaired) electrons. The summed E-state index contributed by atoms with van der Waals surface area (Å²) in [5.41, 5.74) is 0.433. The van der Waals surface area contributed by atoms with E-state index < -0.39 is 21.7 Å². The van der Waals surface area contributed by atoms with Crippen molar-refractivity contribution in [1.29, 1.82) is 0 Å². The Bertz CT molecular complexity index is 978. The minimum Gasteiger partial charge on any atom is -0.495 e. The van der Waals surface area contributed by atoms with Gasteiger partial charge in [-0.15, -0.1) is 0 Å². The Kier molecular flexibility index (Phi) is 6.00. The summed E-state index contributed by atoms with van der Waals surface area (Å²) < 4.78 is 46.5. The topological polar surface area (TPSA) is 75.7 Å². The number of rotatable bonds is 5. The van der Waals surface area contributed by atoms with Crippen LogP contribution in [0.1, 0.15) is 36.5 Å². The van der Waals surface area contributed by atoms with Gasteiger partial charge >= 0.3 is 0 Å². The lowest BCUT2D eigenvalue weighted by molar-refractivity contribution is 0.102. The molecule has 8 heteroatoms. The van der Waals surface area contributed by atoms with Gasteiger partial charge in [-0.25, -0.2) is 12.8 Å². The van der Waals surface area contributed by atoms with Crippen molar-refractivity contribution in [3.63, 3.8) is 0 Å². The van der Waals surface area contributed by atoms with Crippen LogP contribution in [0, 0.1) is 5.82 Å². The highest BCUT2D eigenvalue weighted by molar-refractivity contribution is 7.89. The molecule has 1 unspecified atom stereocenters. The van der Waals surface area contributed by atoms with Crippen molar-refractivity contribution in [3.05, 3.63) is 53.8 Å². The molecule has 0 bridgehead atoms. The lowest BCUT2D eigenvalue weighted by Crippen LogP contribution is -2.42. The van der Waals surface area contributed by atoms with Crippen molar-refractivity contribution in [2.75, 3.05) is 19.0 Å². The Labute approximate surface area is 164 Å². The van der Waals surface area contributed by atoms with Gasteiger partial charge < -0.3 is 10.1 Å². The van der Waals surface area contributed by atoms with Gasteiger partial charge in [-0.05, 0) is 56.2 Å². The first-order valence-corrected chi connectivity index (χ1v) is 10.5. The maximum absolute atomic E-state index is 13.3. The summed E-state index contributed by atoms with van der Waals surface area (Å²) in [6, 6.07) is 9.62. The van der Waals surface area contributed by atoms with Crippen LogP contribution in [0.5, 0.6) is 5.75 Å². The van der Waals surface area contributed by atoms with Crippen LogP contribution in [0.25, 0.3) is 0 Å². The molecule has 1 heterocycles. The van der Waals surface area contributed by atoms with Crippen molar-refractivity contribution in [2.24, 2.45) is 0 Å². The number of amides is 1. The molecule has 1 atom stereocenters. The van der Waals surface area contributed by atoms with E-state index in [1.54, 1.807) is 6.07 Å². The molecule has 0 aromatic heterocycles. The second-order valence-electron chi connectivity index (χ2n) is 6.79. The first-order valence-electron chi connectivity index (χ1n) is 9.09. The Morgan fingerprint density at radius 2 is 2.00 bits per heavy atom. The molecular formula is C20H23FN2O4S. The highest BCUT2D eigenvalue weighted by Gasteiger charge is 2.33. The quantitative estimate of drug-likeness (QED) is 0.822. The minimum absolute atomic E-state index is 0.0457. The third-order valence-corrected chi connectivity index (χ3v) is 6.87. The van der Waals surface area contributed by atoms with Gasteiger partial charge in [0.2, 0.25) is 10.0 Å². The number of hydrogen-bond donors (Lipinski definition) is 1. The predicted octanol–water partition coefficient (Wildman–Crippen LogP) is 3.65. The third-order valence-electron chi connectivity index (χ3n) is 4.84. The van der Waals surface area contributed by atoms with E-state index >= 15 is 0 Å². The van der Waals surface area contributed by atoms with E-state index in [1.165, 1.54) is 47.8 Å². The largest absolute Gasteiger partial charge is 0.495 e. The van der Waals surface area contributed by atoms with Crippen LogP contribution in [0.4, 0.5) is 10.1 Å². The summed E-state index contributed by atoms with van der Waals surface area (Å²) in [6.07, 6.45) is 2.58. The molecule has 2 aromatic rings.